The van der Waals surface area contributed by atoms with Gasteiger partial charge in [-0.05, 0) is 74.9 Å². The van der Waals surface area contributed by atoms with Crippen molar-refractivity contribution >= 4 is 5.97 Å². The molecule has 1 aliphatic heterocycles. The monoisotopic (exact) mass is 502 g/mol. The number of rotatable bonds is 8. The summed E-state index contributed by atoms with van der Waals surface area (Å²) in [5.74, 6) is 1.52. The Morgan fingerprint density at radius 1 is 1.05 bits per heavy atom. The highest BCUT2D eigenvalue weighted by molar-refractivity contribution is 5.75. The lowest BCUT2D eigenvalue weighted by molar-refractivity contribution is -0.150. The van der Waals surface area contributed by atoms with Crippen molar-refractivity contribution in [1.29, 1.82) is 5.26 Å². The number of carbonyl (C=O) groups is 1. The van der Waals surface area contributed by atoms with E-state index in [1.807, 2.05) is 46.8 Å². The van der Waals surface area contributed by atoms with Gasteiger partial charge in [0.15, 0.2) is 0 Å². The minimum absolute atomic E-state index is 0.0323. The second kappa shape index (κ2) is 11.6. The number of carbonyl (C=O) groups excluding carboxylic acids is 1. The smallest absolute Gasteiger partial charge is 0.323 e. The molecule has 0 aliphatic carbocycles. The lowest BCUT2D eigenvalue weighted by atomic mass is 10.00. The molecule has 0 N–H and O–H groups in total. The molecular weight excluding hydrogens is 468 g/mol. The van der Waals surface area contributed by atoms with Crippen molar-refractivity contribution in [2.45, 2.75) is 59.6 Å². The van der Waals surface area contributed by atoms with Crippen molar-refractivity contribution in [3.05, 3.63) is 53.1 Å². The number of aromatic nitrogens is 2. The fourth-order valence-corrected chi connectivity index (χ4v) is 4.35. The SMILES string of the molecule is CC(C)COC(=O)C(C)N1CCc2ccc(-c3noc(-c4ccc(OC(C)C)c(C#N)c4)n3)cc2CC1. The van der Waals surface area contributed by atoms with E-state index < -0.39 is 0 Å². The van der Waals surface area contributed by atoms with Gasteiger partial charge >= 0.3 is 5.97 Å². The maximum Gasteiger partial charge on any atom is 0.323 e. The first-order valence-corrected chi connectivity index (χ1v) is 12.8. The van der Waals surface area contributed by atoms with Gasteiger partial charge in [0.25, 0.3) is 5.89 Å². The molecule has 0 fully saturated rings. The van der Waals surface area contributed by atoms with E-state index in [9.17, 15) is 10.1 Å². The van der Waals surface area contributed by atoms with Crippen LogP contribution in [0.5, 0.6) is 5.75 Å². The third-order valence-electron chi connectivity index (χ3n) is 6.38. The summed E-state index contributed by atoms with van der Waals surface area (Å²) in [7, 11) is 0. The van der Waals surface area contributed by atoms with Crippen LogP contribution in [-0.4, -0.2) is 52.9 Å². The van der Waals surface area contributed by atoms with E-state index in [1.165, 1.54) is 11.1 Å². The number of esters is 1. The largest absolute Gasteiger partial charge is 0.490 e. The van der Waals surface area contributed by atoms with Gasteiger partial charge in [-0.1, -0.05) is 31.1 Å². The van der Waals surface area contributed by atoms with Crippen LogP contribution < -0.4 is 4.74 Å². The topological polar surface area (TPSA) is 101 Å². The van der Waals surface area contributed by atoms with Crippen molar-refractivity contribution in [2.75, 3.05) is 19.7 Å². The van der Waals surface area contributed by atoms with Gasteiger partial charge in [-0.2, -0.15) is 10.2 Å². The van der Waals surface area contributed by atoms with Crippen LogP contribution in [0.3, 0.4) is 0 Å². The van der Waals surface area contributed by atoms with Gasteiger partial charge in [-0.15, -0.1) is 0 Å². The zero-order chi connectivity index (χ0) is 26.5. The first kappa shape index (κ1) is 26.4. The van der Waals surface area contributed by atoms with Crippen LogP contribution >= 0.6 is 0 Å². The van der Waals surface area contributed by atoms with E-state index in [1.54, 1.807) is 12.1 Å². The van der Waals surface area contributed by atoms with E-state index in [2.05, 4.69) is 33.2 Å². The number of hydrogen-bond donors (Lipinski definition) is 0. The first-order chi connectivity index (χ1) is 17.7. The Morgan fingerprint density at radius 3 is 2.49 bits per heavy atom. The van der Waals surface area contributed by atoms with Crippen LogP contribution in [-0.2, 0) is 22.4 Å². The maximum atomic E-state index is 12.5. The van der Waals surface area contributed by atoms with Gasteiger partial charge in [-0.3, -0.25) is 9.69 Å². The average Bonchev–Trinajstić information content (AvgIpc) is 3.28. The number of ether oxygens (including phenoxy) is 2. The summed E-state index contributed by atoms with van der Waals surface area (Å²) < 4.78 is 16.7. The molecule has 2 aromatic carbocycles. The minimum atomic E-state index is -0.275. The predicted octanol–water partition coefficient (Wildman–Crippen LogP) is 5.05. The highest BCUT2D eigenvalue weighted by atomic mass is 16.5. The van der Waals surface area contributed by atoms with E-state index in [-0.39, 0.29) is 18.1 Å². The third kappa shape index (κ3) is 6.36. The Bertz CT molecular complexity index is 1290. The Balaban J connectivity index is 1.48. The van der Waals surface area contributed by atoms with E-state index in [0.29, 0.717) is 41.1 Å². The molecule has 2 heterocycles. The number of hydrogen-bond acceptors (Lipinski definition) is 8. The third-order valence-corrected chi connectivity index (χ3v) is 6.38. The molecule has 0 bridgehead atoms. The fourth-order valence-electron chi connectivity index (χ4n) is 4.35. The predicted molar refractivity (Wildman–Crippen MR) is 140 cm³/mol. The molecule has 4 rings (SSSR count). The highest BCUT2D eigenvalue weighted by Gasteiger charge is 2.25. The van der Waals surface area contributed by atoms with Crippen LogP contribution in [0.4, 0.5) is 0 Å². The first-order valence-electron chi connectivity index (χ1n) is 12.8. The van der Waals surface area contributed by atoms with Crippen LogP contribution in [0.1, 0.15) is 51.3 Å². The van der Waals surface area contributed by atoms with Crippen LogP contribution in [0.15, 0.2) is 40.9 Å². The zero-order valence-electron chi connectivity index (χ0n) is 22.2. The fraction of sp³-hybridized carbons (Fsp3) is 0.448. The van der Waals surface area contributed by atoms with Gasteiger partial charge in [0.05, 0.1) is 18.3 Å². The Labute approximate surface area is 218 Å². The lowest BCUT2D eigenvalue weighted by Gasteiger charge is -2.26. The standard InChI is InChI=1S/C29H34N4O4/c1-18(2)17-35-29(34)20(5)33-12-10-21-6-7-23(14-22(21)11-13-33)27-31-28(37-32-27)24-8-9-26(36-19(3)4)25(15-24)16-30/h6-9,14-15,18-20H,10-13,17H2,1-5H3. The highest BCUT2D eigenvalue weighted by Crippen LogP contribution is 2.29. The summed E-state index contributed by atoms with van der Waals surface area (Å²) in [6.45, 7) is 11.8. The molecule has 1 aliphatic rings. The van der Waals surface area contributed by atoms with Crippen LogP contribution in [0.25, 0.3) is 22.8 Å². The van der Waals surface area contributed by atoms with Gasteiger partial charge in [0.2, 0.25) is 5.82 Å². The summed E-state index contributed by atoms with van der Waals surface area (Å²) in [6, 6.07) is 13.4. The minimum Gasteiger partial charge on any atom is -0.490 e. The van der Waals surface area contributed by atoms with Crippen molar-refractivity contribution < 1.29 is 18.8 Å². The molecule has 1 aromatic heterocycles. The second-order valence-electron chi connectivity index (χ2n) is 10.1. The maximum absolute atomic E-state index is 12.5. The molecule has 1 atom stereocenters. The quantitative estimate of drug-likeness (QED) is 0.394. The molecule has 0 saturated carbocycles. The lowest BCUT2D eigenvalue weighted by Crippen LogP contribution is -2.41. The molecule has 0 saturated heterocycles. The molecule has 0 radical (unpaired) electrons. The molecule has 8 heteroatoms. The van der Waals surface area contributed by atoms with Gasteiger partial charge < -0.3 is 14.0 Å². The molecule has 8 nitrogen and oxygen atoms in total. The van der Waals surface area contributed by atoms with Crippen LogP contribution in [0.2, 0.25) is 0 Å². The molecular formula is C29H34N4O4. The van der Waals surface area contributed by atoms with Gasteiger partial charge in [0.1, 0.15) is 17.9 Å². The van der Waals surface area contributed by atoms with Crippen molar-refractivity contribution in [3.63, 3.8) is 0 Å². The number of nitrogens with zero attached hydrogens (tertiary/aromatic N) is 4. The Hall–Kier alpha value is -3.70. The Kier molecular flexibility index (Phi) is 8.24. The van der Waals surface area contributed by atoms with Crippen molar-refractivity contribution in [3.8, 4) is 34.7 Å². The van der Waals surface area contributed by atoms with Crippen molar-refractivity contribution in [1.82, 2.24) is 15.0 Å². The van der Waals surface area contributed by atoms with Gasteiger partial charge in [-0.25, -0.2) is 0 Å². The summed E-state index contributed by atoms with van der Waals surface area (Å²) in [6.07, 6.45) is 1.64. The summed E-state index contributed by atoms with van der Waals surface area (Å²) in [5, 5.41) is 13.7. The molecule has 37 heavy (non-hydrogen) atoms. The number of benzene rings is 2. The van der Waals surface area contributed by atoms with E-state index in [4.69, 9.17) is 14.0 Å². The summed E-state index contributed by atoms with van der Waals surface area (Å²) in [5.41, 5.74) is 4.43. The second-order valence-corrected chi connectivity index (χ2v) is 10.1. The molecule has 1 unspecified atom stereocenters. The van der Waals surface area contributed by atoms with Crippen molar-refractivity contribution in [2.24, 2.45) is 5.92 Å². The molecule has 0 spiro atoms. The molecule has 194 valence electrons. The average molecular weight is 503 g/mol. The summed E-state index contributed by atoms with van der Waals surface area (Å²) >= 11 is 0. The zero-order valence-corrected chi connectivity index (χ0v) is 22.2. The van der Waals surface area contributed by atoms with E-state index in [0.717, 1.165) is 31.5 Å². The number of fused-ring (bicyclic) bond motifs is 1. The number of nitriles is 1. The summed E-state index contributed by atoms with van der Waals surface area (Å²) in [4.78, 5) is 19.3. The molecule has 0 amide bonds. The normalized spacial score (nSPS) is 14.6. The Morgan fingerprint density at radius 2 is 1.78 bits per heavy atom. The molecule has 3 aromatic rings. The van der Waals surface area contributed by atoms with E-state index >= 15 is 0 Å². The van der Waals surface area contributed by atoms with Gasteiger partial charge in [0, 0.05) is 24.2 Å². The van der Waals surface area contributed by atoms with Crippen LogP contribution in [0, 0.1) is 17.2 Å².